The number of aromatic nitrogens is 1. The lowest BCUT2D eigenvalue weighted by Gasteiger charge is -2.05. The monoisotopic (exact) mass is 183 g/mol. The first-order chi connectivity index (χ1) is 6.25. The average Bonchev–Trinajstić information content (AvgIpc) is 2.13. The summed E-state index contributed by atoms with van der Waals surface area (Å²) in [7, 11) is 1.14. The Labute approximate surface area is 78.6 Å². The third-order valence-electron chi connectivity index (χ3n) is 1.64. The zero-order chi connectivity index (χ0) is 9.68. The highest BCUT2D eigenvalue weighted by molar-refractivity contribution is 8.15. The van der Waals surface area contributed by atoms with Crippen molar-refractivity contribution < 1.29 is 4.18 Å². The SMILES string of the molecule is [3H][B]SOCc1ccnc(N)c1C. The van der Waals surface area contributed by atoms with Crippen LogP contribution in [-0.2, 0) is 10.8 Å². The molecule has 0 fully saturated rings. The number of nitrogens with zero attached hydrogens (tertiary/aromatic N) is 1. The van der Waals surface area contributed by atoms with Gasteiger partial charge in [-0.15, -0.1) is 0 Å². The van der Waals surface area contributed by atoms with Crippen LogP contribution in [0.15, 0.2) is 12.3 Å². The van der Waals surface area contributed by atoms with Gasteiger partial charge in [-0.1, -0.05) is 11.9 Å². The standard InChI is InChI=1S/C7H10BN2OS/c1-5-6(4-11-12-8)2-3-10-7(5)9/h2-3,8H,4H2,1H3,(H2,9,10)/i8T. The van der Waals surface area contributed by atoms with Gasteiger partial charge < -0.3 is 9.92 Å². The van der Waals surface area contributed by atoms with Crippen molar-refractivity contribution in [3.8, 4) is 0 Å². The molecule has 0 spiro atoms. The number of anilines is 1. The van der Waals surface area contributed by atoms with Crippen molar-refractivity contribution in [2.45, 2.75) is 13.5 Å². The highest BCUT2D eigenvalue weighted by Gasteiger charge is 2.01. The van der Waals surface area contributed by atoms with Crippen molar-refractivity contribution in [3.05, 3.63) is 23.4 Å². The highest BCUT2D eigenvalue weighted by atomic mass is 32.2. The molecule has 3 nitrogen and oxygen atoms in total. The summed E-state index contributed by atoms with van der Waals surface area (Å²) in [6.45, 7) is 2.34. The third kappa shape index (κ3) is 2.15. The van der Waals surface area contributed by atoms with Gasteiger partial charge in [-0.3, -0.25) is 0 Å². The summed E-state index contributed by atoms with van der Waals surface area (Å²) < 4.78 is 11.8. The van der Waals surface area contributed by atoms with Crippen molar-refractivity contribution >= 4 is 24.8 Å². The Morgan fingerprint density at radius 1 is 1.92 bits per heavy atom. The Morgan fingerprint density at radius 3 is 3.50 bits per heavy atom. The van der Waals surface area contributed by atoms with Crippen LogP contribution in [0.25, 0.3) is 0 Å². The molecule has 0 aromatic carbocycles. The van der Waals surface area contributed by atoms with E-state index in [4.69, 9.17) is 11.3 Å². The number of nitrogen functional groups attached to an aromatic ring is 1. The van der Waals surface area contributed by atoms with Crippen LogP contribution in [-0.4, -0.2) is 13.4 Å². The van der Waals surface area contributed by atoms with E-state index in [1.807, 2.05) is 13.0 Å². The molecule has 63 valence electrons. The second-order valence-electron chi connectivity index (χ2n) is 2.34. The minimum Gasteiger partial charge on any atom is -0.383 e. The predicted molar refractivity (Wildman–Crippen MR) is 52.9 cm³/mol. The van der Waals surface area contributed by atoms with Crippen LogP contribution in [0.1, 0.15) is 11.1 Å². The Hall–Kier alpha value is -0.675. The molecule has 2 N–H and O–H groups in total. The van der Waals surface area contributed by atoms with Crippen molar-refractivity contribution in [2.75, 3.05) is 5.73 Å². The molecule has 1 aromatic rings. The van der Waals surface area contributed by atoms with Gasteiger partial charge in [-0.25, -0.2) is 4.98 Å². The maximum absolute atomic E-state index is 6.74. The summed E-state index contributed by atoms with van der Waals surface area (Å²) in [5, 5.41) is 0. The fraction of sp³-hybridized carbons (Fsp3) is 0.286. The lowest BCUT2D eigenvalue weighted by molar-refractivity contribution is 0.368. The largest absolute Gasteiger partial charge is 0.383 e. The summed E-state index contributed by atoms with van der Waals surface area (Å²) in [6.07, 6.45) is 1.65. The van der Waals surface area contributed by atoms with Gasteiger partial charge in [-0.2, -0.15) is 0 Å². The minimum atomic E-state index is 0.443. The van der Waals surface area contributed by atoms with E-state index in [1.165, 1.54) is 0 Å². The van der Waals surface area contributed by atoms with E-state index in [0.29, 0.717) is 12.4 Å². The van der Waals surface area contributed by atoms with Gasteiger partial charge >= 0.3 is 0 Å². The maximum atomic E-state index is 6.74. The summed E-state index contributed by atoms with van der Waals surface area (Å²) >= 11 is 0.998. The van der Waals surface area contributed by atoms with E-state index in [-0.39, 0.29) is 0 Å². The molecule has 0 aliphatic carbocycles. The molecule has 1 heterocycles. The van der Waals surface area contributed by atoms with Gasteiger partial charge in [0.2, 0.25) is 7.09 Å². The van der Waals surface area contributed by atoms with Crippen LogP contribution < -0.4 is 5.73 Å². The fourth-order valence-electron chi connectivity index (χ4n) is 0.848. The lowest BCUT2D eigenvalue weighted by Crippen LogP contribution is -1.98. The van der Waals surface area contributed by atoms with Gasteiger partial charge in [0.05, 0.1) is 6.61 Å². The average molecular weight is 183 g/mol. The second kappa shape index (κ2) is 4.38. The van der Waals surface area contributed by atoms with Crippen molar-refractivity contribution in [1.82, 2.24) is 4.98 Å². The van der Waals surface area contributed by atoms with Gasteiger partial charge in [0.15, 0.2) is 0 Å². The summed E-state index contributed by atoms with van der Waals surface area (Å²) in [5.74, 6) is 0.529. The topological polar surface area (TPSA) is 48.1 Å². The molecule has 0 amide bonds. The molecule has 1 radical (unpaired) electrons. The quantitative estimate of drug-likeness (QED) is 0.429. The molecule has 0 saturated carbocycles. The molecular formula is C7H10BN2OS. The molecule has 12 heavy (non-hydrogen) atoms. The molecule has 1 rings (SSSR count). The molecule has 0 bridgehead atoms. The number of hydrogen-bond donors (Lipinski definition) is 1. The molecule has 0 aliphatic rings. The first-order valence-corrected chi connectivity index (χ1v) is 4.24. The second-order valence-corrected chi connectivity index (χ2v) is 2.77. The van der Waals surface area contributed by atoms with E-state index >= 15 is 0 Å². The van der Waals surface area contributed by atoms with Crippen LogP contribution in [0.3, 0.4) is 0 Å². The zero-order valence-corrected chi connectivity index (χ0v) is 7.60. The molecule has 0 atom stereocenters. The molecular weight excluding hydrogens is 171 g/mol. The summed E-state index contributed by atoms with van der Waals surface area (Å²) in [6, 6.07) is 1.86. The van der Waals surface area contributed by atoms with Gasteiger partial charge in [0, 0.05) is 6.20 Å². The number of hydrogen-bond acceptors (Lipinski definition) is 4. The summed E-state index contributed by atoms with van der Waals surface area (Å²) in [5.41, 5.74) is 7.55. The van der Waals surface area contributed by atoms with Crippen LogP contribution in [0.2, 0.25) is 0 Å². The molecule has 0 aliphatic heterocycles. The van der Waals surface area contributed by atoms with E-state index in [1.54, 1.807) is 6.20 Å². The molecule has 1 aromatic heterocycles. The van der Waals surface area contributed by atoms with Crippen molar-refractivity contribution in [3.63, 3.8) is 0 Å². The lowest BCUT2D eigenvalue weighted by atomic mass is 10.1. The van der Waals surface area contributed by atoms with Gasteiger partial charge in [0.1, 0.15) is 5.82 Å². The highest BCUT2D eigenvalue weighted by Crippen LogP contribution is 2.14. The molecule has 0 unspecified atom stereocenters. The van der Waals surface area contributed by atoms with Crippen LogP contribution in [0.4, 0.5) is 5.82 Å². The first kappa shape index (κ1) is 7.95. The van der Waals surface area contributed by atoms with Crippen molar-refractivity contribution in [1.29, 1.82) is 1.34 Å². The first-order valence-electron chi connectivity index (χ1n) is 4.01. The number of rotatable bonds is 4. The fourth-order valence-corrected chi connectivity index (χ4v) is 1.04. The van der Waals surface area contributed by atoms with Crippen LogP contribution >= 0.6 is 11.9 Å². The number of nitrogens with two attached hydrogens (primary N) is 1. The predicted octanol–water partition coefficient (Wildman–Crippen LogP) is 0.953. The number of pyridine rings is 1. The Bertz CT molecular complexity index is 287. The van der Waals surface area contributed by atoms with Gasteiger partial charge in [-0.05, 0) is 25.5 Å². The van der Waals surface area contributed by atoms with Crippen LogP contribution in [0, 0.1) is 6.92 Å². The van der Waals surface area contributed by atoms with Crippen molar-refractivity contribution in [2.24, 2.45) is 0 Å². The van der Waals surface area contributed by atoms with Crippen LogP contribution in [0.5, 0.6) is 0 Å². The van der Waals surface area contributed by atoms with E-state index < -0.39 is 0 Å². The smallest absolute Gasteiger partial charge is 0.209 e. The minimum absolute atomic E-state index is 0.443. The zero-order valence-electron chi connectivity index (χ0n) is 7.78. The Kier molecular flexibility index (Phi) is 2.90. The molecule has 0 saturated heterocycles. The van der Waals surface area contributed by atoms with E-state index in [9.17, 15) is 0 Å². The summed E-state index contributed by atoms with van der Waals surface area (Å²) in [4.78, 5) is 3.94. The third-order valence-corrected chi connectivity index (χ3v) is 1.89. The maximum Gasteiger partial charge on any atom is 0.209 e. The Balaban J connectivity index is 2.61. The van der Waals surface area contributed by atoms with E-state index in [2.05, 4.69) is 4.98 Å². The van der Waals surface area contributed by atoms with E-state index in [0.717, 1.165) is 30.1 Å². The van der Waals surface area contributed by atoms with Gasteiger partial charge in [0.25, 0.3) is 0 Å². The molecule has 5 heteroatoms. The Morgan fingerprint density at radius 2 is 2.75 bits per heavy atom. The normalized spacial score (nSPS) is 10.9.